The van der Waals surface area contributed by atoms with Crippen LogP contribution in [0.3, 0.4) is 0 Å². The number of nitrogens with zero attached hydrogens (tertiary/aromatic N) is 3. The van der Waals surface area contributed by atoms with Crippen LogP contribution in [-0.4, -0.2) is 26.7 Å². The summed E-state index contributed by atoms with van der Waals surface area (Å²) in [5.41, 5.74) is 0.616. The van der Waals surface area contributed by atoms with Crippen molar-refractivity contribution in [1.29, 1.82) is 0 Å². The maximum Gasteiger partial charge on any atom is 0.251 e. The minimum absolute atomic E-state index is 0.0712. The molecule has 0 fully saturated rings. The van der Waals surface area contributed by atoms with Crippen LogP contribution in [0, 0.1) is 0 Å². The fourth-order valence-electron chi connectivity index (χ4n) is 2.92. The number of carbonyl (C=O) groups excluding carboxylic acids is 1. The zero-order valence-corrected chi connectivity index (χ0v) is 13.6. The predicted molar refractivity (Wildman–Crippen MR) is 92.6 cm³/mol. The maximum atomic E-state index is 12.4. The normalized spacial score (nSPS) is 16.1. The van der Waals surface area contributed by atoms with Gasteiger partial charge in [-0.15, -0.1) is 0 Å². The Labute approximate surface area is 145 Å². The number of fused-ring (bicyclic) bond motifs is 1. The lowest BCUT2D eigenvalue weighted by Gasteiger charge is -2.23. The number of aromatic nitrogens is 3. The Kier molecular flexibility index (Phi) is 4.16. The van der Waals surface area contributed by atoms with Gasteiger partial charge in [-0.2, -0.15) is 5.10 Å². The molecule has 126 valence electrons. The molecule has 1 unspecified atom stereocenters. The van der Waals surface area contributed by atoms with Crippen molar-refractivity contribution in [2.45, 2.75) is 25.4 Å². The second-order valence-corrected chi connectivity index (χ2v) is 6.01. The van der Waals surface area contributed by atoms with Gasteiger partial charge < -0.3 is 10.1 Å². The van der Waals surface area contributed by atoms with E-state index in [0.29, 0.717) is 17.9 Å². The van der Waals surface area contributed by atoms with Crippen molar-refractivity contribution in [1.82, 2.24) is 20.1 Å². The van der Waals surface area contributed by atoms with E-state index in [4.69, 9.17) is 4.74 Å². The number of hydrogen-bond acceptors (Lipinski definition) is 4. The van der Waals surface area contributed by atoms with E-state index in [-0.39, 0.29) is 11.9 Å². The van der Waals surface area contributed by atoms with Gasteiger partial charge in [0.05, 0.1) is 6.54 Å². The molecule has 0 radical (unpaired) electrons. The smallest absolute Gasteiger partial charge is 0.251 e. The SMILES string of the molecule is O=C(NC1CCc2ncnn2C1)c1ccc(Oc2ccccc2)cc1. The highest BCUT2D eigenvalue weighted by Crippen LogP contribution is 2.21. The van der Waals surface area contributed by atoms with Crippen LogP contribution in [0.1, 0.15) is 22.6 Å². The molecule has 6 heteroatoms. The van der Waals surface area contributed by atoms with Crippen LogP contribution >= 0.6 is 0 Å². The summed E-state index contributed by atoms with van der Waals surface area (Å²) in [6.07, 6.45) is 3.26. The van der Waals surface area contributed by atoms with E-state index < -0.39 is 0 Å². The quantitative estimate of drug-likeness (QED) is 0.796. The molecule has 0 aliphatic carbocycles. The Bertz CT molecular complexity index is 859. The van der Waals surface area contributed by atoms with Gasteiger partial charge in [-0.05, 0) is 42.8 Å². The Morgan fingerprint density at radius 2 is 1.84 bits per heavy atom. The topological polar surface area (TPSA) is 69.0 Å². The lowest BCUT2D eigenvalue weighted by atomic mass is 10.1. The molecule has 2 aromatic carbocycles. The van der Waals surface area contributed by atoms with Crippen LogP contribution in [0.4, 0.5) is 0 Å². The Balaban J connectivity index is 1.38. The zero-order chi connectivity index (χ0) is 17.1. The molecule has 25 heavy (non-hydrogen) atoms. The Hall–Kier alpha value is -3.15. The summed E-state index contributed by atoms with van der Waals surface area (Å²) in [7, 11) is 0. The largest absolute Gasteiger partial charge is 0.457 e. The third kappa shape index (κ3) is 3.52. The van der Waals surface area contributed by atoms with E-state index >= 15 is 0 Å². The first-order valence-electron chi connectivity index (χ1n) is 8.28. The third-order valence-electron chi connectivity index (χ3n) is 4.24. The summed E-state index contributed by atoms with van der Waals surface area (Å²) >= 11 is 0. The summed E-state index contributed by atoms with van der Waals surface area (Å²) in [4.78, 5) is 16.6. The van der Waals surface area contributed by atoms with Gasteiger partial charge in [0.15, 0.2) is 0 Å². The van der Waals surface area contributed by atoms with Crippen LogP contribution in [0.15, 0.2) is 60.9 Å². The summed E-state index contributed by atoms with van der Waals surface area (Å²) in [6.45, 7) is 0.663. The van der Waals surface area contributed by atoms with Crippen LogP contribution in [-0.2, 0) is 13.0 Å². The van der Waals surface area contributed by atoms with Crippen molar-refractivity contribution in [2.75, 3.05) is 0 Å². The average molecular weight is 334 g/mol. The highest BCUT2D eigenvalue weighted by Gasteiger charge is 2.21. The van der Waals surface area contributed by atoms with Gasteiger partial charge in [0, 0.05) is 18.0 Å². The van der Waals surface area contributed by atoms with Crippen molar-refractivity contribution >= 4 is 5.91 Å². The second kappa shape index (κ2) is 6.76. The number of rotatable bonds is 4. The van der Waals surface area contributed by atoms with Crippen LogP contribution in [0.25, 0.3) is 0 Å². The number of nitrogens with one attached hydrogen (secondary N) is 1. The third-order valence-corrected chi connectivity index (χ3v) is 4.24. The van der Waals surface area contributed by atoms with Crippen molar-refractivity contribution in [3.05, 3.63) is 72.3 Å². The monoisotopic (exact) mass is 334 g/mol. The minimum Gasteiger partial charge on any atom is -0.457 e. The van der Waals surface area contributed by atoms with Gasteiger partial charge in [0.1, 0.15) is 23.7 Å². The summed E-state index contributed by atoms with van der Waals surface area (Å²) < 4.78 is 7.60. The molecular formula is C19H18N4O2. The Morgan fingerprint density at radius 3 is 2.64 bits per heavy atom. The number of carbonyl (C=O) groups is 1. The number of amides is 1. The summed E-state index contributed by atoms with van der Waals surface area (Å²) in [5, 5.41) is 7.24. The second-order valence-electron chi connectivity index (χ2n) is 6.01. The van der Waals surface area contributed by atoms with Crippen LogP contribution in [0.2, 0.25) is 0 Å². The molecule has 0 saturated heterocycles. The molecule has 0 bridgehead atoms. The minimum atomic E-state index is -0.0835. The number of para-hydroxylation sites is 1. The van der Waals surface area contributed by atoms with E-state index in [1.54, 1.807) is 30.6 Å². The van der Waals surface area contributed by atoms with Crippen molar-refractivity contribution in [3.63, 3.8) is 0 Å². The highest BCUT2D eigenvalue weighted by atomic mass is 16.5. The maximum absolute atomic E-state index is 12.4. The van der Waals surface area contributed by atoms with Crippen molar-refractivity contribution in [3.8, 4) is 11.5 Å². The standard InChI is InChI=1S/C19H18N4O2/c24-19(22-15-8-11-18-20-13-21-23(18)12-15)14-6-9-17(10-7-14)25-16-4-2-1-3-5-16/h1-7,9-10,13,15H,8,11-12H2,(H,22,24). The van der Waals surface area contributed by atoms with Gasteiger partial charge in [0.25, 0.3) is 5.91 Å². The van der Waals surface area contributed by atoms with Gasteiger partial charge in [-0.1, -0.05) is 18.2 Å². The number of benzene rings is 2. The molecular weight excluding hydrogens is 316 g/mol. The fraction of sp³-hybridized carbons (Fsp3) is 0.211. The predicted octanol–water partition coefficient (Wildman–Crippen LogP) is 2.82. The van der Waals surface area contributed by atoms with Crippen LogP contribution < -0.4 is 10.1 Å². The number of hydrogen-bond donors (Lipinski definition) is 1. The lowest BCUT2D eigenvalue weighted by Crippen LogP contribution is -2.41. The Morgan fingerprint density at radius 1 is 1.08 bits per heavy atom. The first kappa shape index (κ1) is 15.4. The van der Waals surface area contributed by atoms with E-state index in [9.17, 15) is 4.79 Å². The molecule has 1 aliphatic heterocycles. The molecule has 2 heterocycles. The van der Waals surface area contributed by atoms with E-state index in [2.05, 4.69) is 15.4 Å². The lowest BCUT2D eigenvalue weighted by molar-refractivity contribution is 0.0926. The van der Waals surface area contributed by atoms with Gasteiger partial charge in [0.2, 0.25) is 0 Å². The van der Waals surface area contributed by atoms with Gasteiger partial charge in [-0.3, -0.25) is 4.79 Å². The molecule has 0 saturated carbocycles. The van der Waals surface area contributed by atoms with E-state index in [1.807, 2.05) is 35.0 Å². The number of aryl methyl sites for hydroxylation is 1. The fourth-order valence-corrected chi connectivity index (χ4v) is 2.92. The molecule has 1 amide bonds. The molecule has 1 N–H and O–H groups in total. The molecule has 1 atom stereocenters. The summed E-state index contributed by atoms with van der Waals surface area (Å²) in [6, 6.07) is 16.8. The highest BCUT2D eigenvalue weighted by molar-refractivity contribution is 5.94. The van der Waals surface area contributed by atoms with Crippen molar-refractivity contribution < 1.29 is 9.53 Å². The number of ether oxygens (including phenoxy) is 1. The molecule has 3 aromatic rings. The molecule has 0 spiro atoms. The molecule has 6 nitrogen and oxygen atoms in total. The van der Waals surface area contributed by atoms with Gasteiger partial charge in [-0.25, -0.2) is 9.67 Å². The molecule has 1 aliphatic rings. The van der Waals surface area contributed by atoms with E-state index in [0.717, 1.165) is 24.4 Å². The average Bonchev–Trinajstić information content (AvgIpc) is 3.11. The molecule has 4 rings (SSSR count). The van der Waals surface area contributed by atoms with Gasteiger partial charge >= 0.3 is 0 Å². The first-order chi connectivity index (χ1) is 12.3. The van der Waals surface area contributed by atoms with E-state index in [1.165, 1.54) is 0 Å². The first-order valence-corrected chi connectivity index (χ1v) is 8.28. The van der Waals surface area contributed by atoms with Crippen molar-refractivity contribution in [2.24, 2.45) is 0 Å². The molecule has 1 aromatic heterocycles. The zero-order valence-electron chi connectivity index (χ0n) is 13.6. The van der Waals surface area contributed by atoms with Crippen LogP contribution in [0.5, 0.6) is 11.5 Å². The summed E-state index contributed by atoms with van der Waals surface area (Å²) in [5.74, 6) is 2.37.